The second-order valence-corrected chi connectivity index (χ2v) is 6.57. The summed E-state index contributed by atoms with van der Waals surface area (Å²) in [7, 11) is 0. The number of anilines is 2. The Labute approximate surface area is 148 Å². The Balaban J connectivity index is 1.59. The monoisotopic (exact) mass is 355 g/mol. The number of aromatic nitrogens is 1. The van der Waals surface area contributed by atoms with Gasteiger partial charge in [0.05, 0.1) is 10.2 Å². The Kier molecular flexibility index (Phi) is 4.95. The molecule has 0 unspecified atom stereocenters. The van der Waals surface area contributed by atoms with Crippen molar-refractivity contribution in [3.63, 3.8) is 0 Å². The molecule has 25 heavy (non-hydrogen) atoms. The number of amides is 2. The number of thiazole rings is 1. The van der Waals surface area contributed by atoms with Crippen molar-refractivity contribution in [3.8, 4) is 5.75 Å². The summed E-state index contributed by atoms with van der Waals surface area (Å²) in [5.74, 6) is 0.0444. The number of rotatable bonds is 5. The van der Waals surface area contributed by atoms with Gasteiger partial charge in [0.15, 0.2) is 11.7 Å². The molecule has 2 N–H and O–H groups in total. The highest BCUT2D eigenvalue weighted by Crippen LogP contribution is 2.26. The van der Waals surface area contributed by atoms with Gasteiger partial charge in [0, 0.05) is 18.7 Å². The zero-order chi connectivity index (χ0) is 17.8. The zero-order valence-electron chi connectivity index (χ0n) is 13.8. The van der Waals surface area contributed by atoms with Crippen LogP contribution in [0.15, 0.2) is 42.5 Å². The quantitative estimate of drug-likeness (QED) is 0.733. The molecule has 1 heterocycles. The van der Waals surface area contributed by atoms with Gasteiger partial charge < -0.3 is 10.1 Å². The third-order valence-electron chi connectivity index (χ3n) is 3.31. The Morgan fingerprint density at radius 2 is 2.00 bits per heavy atom. The minimum Gasteiger partial charge on any atom is -0.484 e. The minimum atomic E-state index is -0.291. The van der Waals surface area contributed by atoms with E-state index in [1.807, 2.05) is 25.1 Å². The molecule has 3 rings (SSSR count). The summed E-state index contributed by atoms with van der Waals surface area (Å²) in [5.41, 5.74) is 2.62. The van der Waals surface area contributed by atoms with Crippen LogP contribution in [0.2, 0.25) is 0 Å². The van der Waals surface area contributed by atoms with Gasteiger partial charge in [-0.2, -0.15) is 0 Å². The van der Waals surface area contributed by atoms with Crippen LogP contribution < -0.4 is 15.4 Å². The number of fused-ring (bicyclic) bond motifs is 1. The van der Waals surface area contributed by atoms with E-state index in [1.54, 1.807) is 24.3 Å². The van der Waals surface area contributed by atoms with Crippen LogP contribution in [0.25, 0.3) is 10.2 Å². The molecule has 2 amide bonds. The van der Waals surface area contributed by atoms with Crippen molar-refractivity contribution in [2.45, 2.75) is 13.8 Å². The van der Waals surface area contributed by atoms with Crippen LogP contribution in [-0.4, -0.2) is 23.4 Å². The third kappa shape index (κ3) is 4.54. The molecule has 0 saturated carbocycles. The number of ether oxygens (including phenoxy) is 1. The molecule has 0 atom stereocenters. The average Bonchev–Trinajstić information content (AvgIpc) is 2.94. The number of aryl methyl sites for hydroxylation is 1. The van der Waals surface area contributed by atoms with Crippen molar-refractivity contribution in [1.29, 1.82) is 0 Å². The molecular weight excluding hydrogens is 338 g/mol. The molecule has 0 fully saturated rings. The van der Waals surface area contributed by atoms with Gasteiger partial charge in [0.2, 0.25) is 5.91 Å². The Morgan fingerprint density at radius 1 is 1.16 bits per heavy atom. The molecule has 0 aliphatic carbocycles. The summed E-state index contributed by atoms with van der Waals surface area (Å²) in [4.78, 5) is 27.5. The highest BCUT2D eigenvalue weighted by atomic mass is 32.1. The molecule has 6 nitrogen and oxygen atoms in total. The molecule has 0 radical (unpaired) electrons. The molecule has 0 aliphatic rings. The van der Waals surface area contributed by atoms with E-state index < -0.39 is 0 Å². The van der Waals surface area contributed by atoms with E-state index in [2.05, 4.69) is 15.6 Å². The summed E-state index contributed by atoms with van der Waals surface area (Å²) in [6, 6.07) is 12.8. The van der Waals surface area contributed by atoms with Gasteiger partial charge in [-0.25, -0.2) is 4.98 Å². The molecule has 0 aliphatic heterocycles. The number of hydrogen-bond donors (Lipinski definition) is 2. The van der Waals surface area contributed by atoms with Gasteiger partial charge >= 0.3 is 0 Å². The van der Waals surface area contributed by atoms with Crippen LogP contribution >= 0.6 is 11.3 Å². The topological polar surface area (TPSA) is 80.3 Å². The number of hydrogen-bond acceptors (Lipinski definition) is 5. The average molecular weight is 355 g/mol. The highest BCUT2D eigenvalue weighted by molar-refractivity contribution is 7.22. The first-order valence-electron chi connectivity index (χ1n) is 7.67. The first kappa shape index (κ1) is 16.9. The van der Waals surface area contributed by atoms with Crippen LogP contribution in [0.4, 0.5) is 10.8 Å². The van der Waals surface area contributed by atoms with Crippen LogP contribution in [0.3, 0.4) is 0 Å². The second-order valence-electron chi connectivity index (χ2n) is 5.54. The molecule has 3 aromatic rings. The predicted octanol–water partition coefficient (Wildman–Crippen LogP) is 3.58. The summed E-state index contributed by atoms with van der Waals surface area (Å²) in [5, 5.41) is 5.95. The number of nitrogens with zero attached hydrogens (tertiary/aromatic N) is 1. The Bertz CT molecular complexity index is 936. The summed E-state index contributed by atoms with van der Waals surface area (Å²) >= 11 is 1.42. The molecule has 128 valence electrons. The normalized spacial score (nSPS) is 10.5. The maximum Gasteiger partial charge on any atom is 0.264 e. The second kappa shape index (κ2) is 7.31. The molecule has 0 bridgehead atoms. The van der Waals surface area contributed by atoms with E-state index in [0.717, 1.165) is 15.8 Å². The Hall–Kier alpha value is -2.93. The van der Waals surface area contributed by atoms with Crippen molar-refractivity contribution in [2.24, 2.45) is 0 Å². The van der Waals surface area contributed by atoms with Gasteiger partial charge in [0.1, 0.15) is 5.75 Å². The van der Waals surface area contributed by atoms with E-state index in [0.29, 0.717) is 16.6 Å². The lowest BCUT2D eigenvalue weighted by atomic mass is 10.2. The van der Waals surface area contributed by atoms with Gasteiger partial charge in [0.25, 0.3) is 5.91 Å². The van der Waals surface area contributed by atoms with Crippen LogP contribution in [0.1, 0.15) is 12.5 Å². The van der Waals surface area contributed by atoms with E-state index >= 15 is 0 Å². The van der Waals surface area contributed by atoms with Crippen LogP contribution in [0, 0.1) is 6.92 Å². The fraction of sp³-hybridized carbons (Fsp3) is 0.167. The number of carbonyl (C=O) groups excluding carboxylic acids is 2. The van der Waals surface area contributed by atoms with Crippen molar-refractivity contribution >= 4 is 44.2 Å². The number of benzene rings is 2. The summed E-state index contributed by atoms with van der Waals surface area (Å²) < 4.78 is 6.50. The molecule has 0 spiro atoms. The lowest BCUT2D eigenvalue weighted by Gasteiger charge is -2.08. The summed E-state index contributed by atoms with van der Waals surface area (Å²) in [6.07, 6.45) is 0. The smallest absolute Gasteiger partial charge is 0.264 e. The minimum absolute atomic E-state index is 0.140. The number of nitrogens with one attached hydrogen (secondary N) is 2. The summed E-state index contributed by atoms with van der Waals surface area (Å²) in [6.45, 7) is 3.30. The van der Waals surface area contributed by atoms with Crippen molar-refractivity contribution in [3.05, 3.63) is 48.0 Å². The lowest BCUT2D eigenvalue weighted by molar-refractivity contribution is -0.118. The lowest BCUT2D eigenvalue weighted by Crippen LogP contribution is -2.20. The van der Waals surface area contributed by atoms with Crippen LogP contribution in [-0.2, 0) is 9.59 Å². The first-order chi connectivity index (χ1) is 12.0. The maximum absolute atomic E-state index is 12.1. The van der Waals surface area contributed by atoms with Gasteiger partial charge in [-0.1, -0.05) is 23.5 Å². The van der Waals surface area contributed by atoms with E-state index in [1.165, 1.54) is 18.3 Å². The molecule has 7 heteroatoms. The van der Waals surface area contributed by atoms with E-state index in [9.17, 15) is 9.59 Å². The SMILES string of the molecule is CC(=O)Nc1cccc(OCC(=O)Nc2nc3ccc(C)cc3s2)c1. The number of carbonyl (C=O) groups is 2. The molecular formula is C18H17N3O3S. The third-order valence-corrected chi connectivity index (χ3v) is 4.25. The molecule has 0 saturated heterocycles. The van der Waals surface area contributed by atoms with Crippen LogP contribution in [0.5, 0.6) is 5.75 Å². The maximum atomic E-state index is 12.1. The fourth-order valence-electron chi connectivity index (χ4n) is 2.26. The standard InChI is InChI=1S/C18H17N3O3S/c1-11-6-7-15-16(8-11)25-18(20-15)21-17(23)10-24-14-5-3-4-13(9-14)19-12(2)22/h3-9H,10H2,1-2H3,(H,19,22)(H,20,21,23). The predicted molar refractivity (Wildman–Crippen MR) is 99.2 cm³/mol. The van der Waals surface area contributed by atoms with Gasteiger partial charge in [-0.15, -0.1) is 0 Å². The van der Waals surface area contributed by atoms with E-state index in [-0.39, 0.29) is 18.4 Å². The van der Waals surface area contributed by atoms with Gasteiger partial charge in [-0.05, 0) is 36.8 Å². The first-order valence-corrected chi connectivity index (χ1v) is 8.49. The van der Waals surface area contributed by atoms with Crippen molar-refractivity contribution < 1.29 is 14.3 Å². The van der Waals surface area contributed by atoms with Crippen molar-refractivity contribution in [1.82, 2.24) is 4.98 Å². The van der Waals surface area contributed by atoms with E-state index in [4.69, 9.17) is 4.74 Å². The highest BCUT2D eigenvalue weighted by Gasteiger charge is 2.09. The Morgan fingerprint density at radius 3 is 2.80 bits per heavy atom. The van der Waals surface area contributed by atoms with Gasteiger partial charge in [-0.3, -0.25) is 14.9 Å². The zero-order valence-corrected chi connectivity index (χ0v) is 14.6. The fourth-order valence-corrected chi connectivity index (χ4v) is 3.24. The molecule has 1 aromatic heterocycles. The largest absolute Gasteiger partial charge is 0.484 e. The molecule has 2 aromatic carbocycles. The van der Waals surface area contributed by atoms with Crippen molar-refractivity contribution in [2.75, 3.05) is 17.2 Å².